The molecule has 0 amide bonds. The number of carbonyl (C=O) groups excluding carboxylic acids is 1. The average molecular weight is 425 g/mol. The second-order valence-corrected chi connectivity index (χ2v) is 5.73. The van der Waals surface area contributed by atoms with Crippen LogP contribution in [0.4, 0.5) is 17.6 Å². The number of alkyl halides is 4. The topological polar surface area (TPSA) is 66.3 Å². The van der Waals surface area contributed by atoms with E-state index < -0.39 is 19.2 Å². The molecule has 158 valence electrons. The Labute approximate surface area is 168 Å². The number of hydrogen-bond donors (Lipinski definition) is 0. The molecule has 0 bridgehead atoms. The van der Waals surface area contributed by atoms with E-state index >= 15 is 0 Å². The highest BCUT2D eigenvalue weighted by Crippen LogP contribution is 2.35. The number of nitrogens with zero attached hydrogens (tertiary/aromatic N) is 1. The molecule has 2 aromatic carbocycles. The van der Waals surface area contributed by atoms with Gasteiger partial charge in [0.25, 0.3) is 0 Å². The van der Waals surface area contributed by atoms with Crippen molar-refractivity contribution in [2.45, 2.75) is 20.1 Å². The van der Waals surface area contributed by atoms with Crippen LogP contribution < -0.4 is 14.2 Å². The summed E-state index contributed by atoms with van der Waals surface area (Å²) in [6, 6.07) is 9.84. The lowest BCUT2D eigenvalue weighted by Crippen LogP contribution is -2.07. The first kappa shape index (κ1) is 21.2. The van der Waals surface area contributed by atoms with E-state index in [2.05, 4.69) is 14.5 Å². The van der Waals surface area contributed by atoms with Crippen LogP contribution in [0.25, 0.3) is 6.08 Å². The Balaban J connectivity index is 1.96. The molecule has 3 rings (SSSR count). The zero-order valence-corrected chi connectivity index (χ0v) is 15.5. The van der Waals surface area contributed by atoms with Crippen LogP contribution in [0, 0.1) is 0 Å². The van der Waals surface area contributed by atoms with Gasteiger partial charge in [-0.05, 0) is 37.3 Å². The van der Waals surface area contributed by atoms with Gasteiger partial charge < -0.3 is 18.9 Å². The summed E-state index contributed by atoms with van der Waals surface area (Å²) in [4.78, 5) is 16.2. The van der Waals surface area contributed by atoms with Crippen LogP contribution in [0.1, 0.15) is 18.1 Å². The van der Waals surface area contributed by atoms with Gasteiger partial charge in [0.1, 0.15) is 5.75 Å². The van der Waals surface area contributed by atoms with E-state index in [0.717, 1.165) is 0 Å². The van der Waals surface area contributed by atoms with E-state index in [1.54, 1.807) is 6.92 Å². The molecule has 0 fully saturated rings. The van der Waals surface area contributed by atoms with Crippen molar-refractivity contribution in [3.63, 3.8) is 0 Å². The molecule has 0 N–H and O–H groups in total. The number of rotatable bonds is 8. The first-order chi connectivity index (χ1) is 14.4. The summed E-state index contributed by atoms with van der Waals surface area (Å²) in [6.45, 7) is -4.25. The fraction of sp³-hybridized carbons (Fsp3) is 0.200. The summed E-state index contributed by atoms with van der Waals surface area (Å²) in [6.07, 6.45) is 1.20. The van der Waals surface area contributed by atoms with Crippen molar-refractivity contribution in [1.82, 2.24) is 0 Å². The van der Waals surface area contributed by atoms with Gasteiger partial charge in [0.15, 0.2) is 17.2 Å². The van der Waals surface area contributed by atoms with Crippen LogP contribution in [0.2, 0.25) is 0 Å². The molecule has 0 radical (unpaired) electrons. The Kier molecular flexibility index (Phi) is 6.55. The van der Waals surface area contributed by atoms with E-state index in [1.807, 2.05) is 0 Å². The fourth-order valence-electron chi connectivity index (χ4n) is 2.62. The number of esters is 1. The quantitative estimate of drug-likeness (QED) is 0.351. The number of ether oxygens (including phenoxy) is 4. The number of benzene rings is 2. The highest BCUT2D eigenvalue weighted by atomic mass is 19.3. The van der Waals surface area contributed by atoms with Crippen molar-refractivity contribution in [3.05, 3.63) is 59.3 Å². The summed E-state index contributed by atoms with van der Waals surface area (Å²) in [7, 11) is 0. The van der Waals surface area contributed by atoms with Gasteiger partial charge in [0.2, 0.25) is 5.90 Å². The van der Waals surface area contributed by atoms with Crippen LogP contribution in [-0.4, -0.2) is 31.7 Å². The zero-order chi connectivity index (χ0) is 21.7. The smallest absolute Gasteiger partial charge is 0.387 e. The van der Waals surface area contributed by atoms with Gasteiger partial charge in [0.05, 0.1) is 6.61 Å². The van der Waals surface area contributed by atoms with Crippen molar-refractivity contribution in [3.8, 4) is 17.2 Å². The minimum absolute atomic E-state index is 0.0690. The number of carbonyl (C=O) groups is 1. The molecule has 6 nitrogen and oxygen atoms in total. The van der Waals surface area contributed by atoms with Gasteiger partial charge in [-0.2, -0.15) is 17.6 Å². The monoisotopic (exact) mass is 425 g/mol. The first-order valence-corrected chi connectivity index (χ1v) is 8.65. The zero-order valence-electron chi connectivity index (χ0n) is 15.5. The van der Waals surface area contributed by atoms with Crippen molar-refractivity contribution in [1.29, 1.82) is 0 Å². The Morgan fingerprint density at radius 1 is 1.07 bits per heavy atom. The summed E-state index contributed by atoms with van der Waals surface area (Å²) in [5, 5.41) is 0. The molecule has 2 aromatic rings. The van der Waals surface area contributed by atoms with E-state index in [1.165, 1.54) is 48.5 Å². The van der Waals surface area contributed by atoms with Gasteiger partial charge >= 0.3 is 19.2 Å². The maximum atomic E-state index is 12.8. The third-order valence-corrected chi connectivity index (χ3v) is 3.74. The Morgan fingerprint density at radius 2 is 1.80 bits per heavy atom. The fourth-order valence-corrected chi connectivity index (χ4v) is 2.62. The minimum atomic E-state index is -3.11. The lowest BCUT2D eigenvalue weighted by atomic mass is 10.1. The summed E-state index contributed by atoms with van der Waals surface area (Å²) >= 11 is 0. The van der Waals surface area contributed by atoms with Gasteiger partial charge in [-0.15, -0.1) is 0 Å². The number of para-hydroxylation sites is 1. The van der Waals surface area contributed by atoms with E-state index in [9.17, 15) is 22.4 Å². The number of cyclic esters (lactones) is 1. The predicted molar refractivity (Wildman–Crippen MR) is 97.9 cm³/mol. The van der Waals surface area contributed by atoms with E-state index in [-0.39, 0.29) is 46.6 Å². The largest absolute Gasteiger partial charge is 0.490 e. The number of hydrogen-bond acceptors (Lipinski definition) is 6. The Bertz CT molecular complexity index is 991. The van der Waals surface area contributed by atoms with Gasteiger partial charge in [-0.3, -0.25) is 0 Å². The lowest BCUT2D eigenvalue weighted by Gasteiger charge is -2.13. The number of halogens is 4. The molecule has 0 saturated heterocycles. The molecule has 0 unspecified atom stereocenters. The molecule has 0 saturated carbocycles. The van der Waals surface area contributed by atoms with Crippen molar-refractivity contribution >= 4 is 17.9 Å². The maximum absolute atomic E-state index is 12.8. The maximum Gasteiger partial charge on any atom is 0.387 e. The third kappa shape index (κ3) is 5.07. The SMILES string of the molecule is CCOc1cccc(/C=C2\N=C(c3cccc(OC(F)F)c3)OC2=O)c1OC(F)F. The molecule has 30 heavy (non-hydrogen) atoms. The summed E-state index contributed by atoms with van der Waals surface area (Å²) in [5.41, 5.74) is 0.142. The summed E-state index contributed by atoms with van der Waals surface area (Å²) in [5.74, 6) is -1.33. The van der Waals surface area contributed by atoms with Gasteiger partial charge in [0, 0.05) is 11.1 Å². The average Bonchev–Trinajstić information content (AvgIpc) is 3.04. The van der Waals surface area contributed by atoms with Crippen LogP contribution >= 0.6 is 0 Å². The molecule has 1 aliphatic rings. The van der Waals surface area contributed by atoms with Crippen molar-refractivity contribution in [2.24, 2.45) is 4.99 Å². The number of aliphatic imine (C=N–C) groups is 1. The molecule has 1 heterocycles. The molecule has 0 aromatic heterocycles. The van der Waals surface area contributed by atoms with Crippen LogP contribution in [0.5, 0.6) is 17.2 Å². The standard InChI is InChI=1S/C20H15F4NO5/c1-2-27-15-8-4-5-11(16(15)29-20(23)24)10-14-18(26)30-17(25-14)12-6-3-7-13(9-12)28-19(21)22/h3-10,19-20H,2H2,1H3/b14-10-. The molecule has 1 aliphatic heterocycles. The predicted octanol–water partition coefficient (Wildman–Crippen LogP) is 4.63. The minimum Gasteiger partial charge on any atom is -0.490 e. The molecule has 0 atom stereocenters. The van der Waals surface area contributed by atoms with Crippen LogP contribution in [0.15, 0.2) is 53.2 Å². The Morgan fingerprint density at radius 3 is 2.50 bits per heavy atom. The van der Waals surface area contributed by atoms with Crippen molar-refractivity contribution in [2.75, 3.05) is 6.61 Å². The second kappa shape index (κ2) is 9.29. The second-order valence-electron chi connectivity index (χ2n) is 5.73. The summed E-state index contributed by atoms with van der Waals surface area (Å²) < 4.78 is 69.7. The van der Waals surface area contributed by atoms with Crippen LogP contribution in [0.3, 0.4) is 0 Å². The lowest BCUT2D eigenvalue weighted by molar-refractivity contribution is -0.129. The molecule has 0 spiro atoms. The molecule has 10 heteroatoms. The molecule has 0 aliphatic carbocycles. The third-order valence-electron chi connectivity index (χ3n) is 3.74. The van der Waals surface area contributed by atoms with E-state index in [4.69, 9.17) is 9.47 Å². The van der Waals surface area contributed by atoms with E-state index in [0.29, 0.717) is 0 Å². The van der Waals surface area contributed by atoms with Gasteiger partial charge in [-0.1, -0.05) is 18.2 Å². The Hall–Kier alpha value is -3.56. The normalized spacial score (nSPS) is 14.8. The van der Waals surface area contributed by atoms with Crippen molar-refractivity contribution < 1.29 is 41.3 Å². The van der Waals surface area contributed by atoms with Crippen LogP contribution in [-0.2, 0) is 9.53 Å². The molecular formula is C20H15F4NO5. The first-order valence-electron chi connectivity index (χ1n) is 8.65. The highest BCUT2D eigenvalue weighted by molar-refractivity contribution is 6.13. The van der Waals surface area contributed by atoms with Gasteiger partial charge in [-0.25, -0.2) is 9.79 Å². The molecular weight excluding hydrogens is 410 g/mol. The highest BCUT2D eigenvalue weighted by Gasteiger charge is 2.26.